The van der Waals surface area contributed by atoms with Crippen LogP contribution < -0.4 is 0 Å². The van der Waals surface area contributed by atoms with Crippen molar-refractivity contribution in [2.75, 3.05) is 0 Å². The molecule has 1 aromatic heterocycles. The lowest BCUT2D eigenvalue weighted by Gasteiger charge is -2.09. The van der Waals surface area contributed by atoms with Crippen molar-refractivity contribution in [2.24, 2.45) is 0 Å². The highest BCUT2D eigenvalue weighted by atomic mass is 19.4. The average Bonchev–Trinajstić information content (AvgIpc) is 2.96. The maximum Gasteiger partial charge on any atom is 0.416 e. The van der Waals surface area contributed by atoms with Gasteiger partial charge in [-0.1, -0.05) is 6.07 Å². The van der Waals surface area contributed by atoms with Crippen LogP contribution in [0.4, 0.5) is 17.6 Å². The second kappa shape index (κ2) is 5.53. The quantitative estimate of drug-likeness (QED) is 0.645. The summed E-state index contributed by atoms with van der Waals surface area (Å²) in [6, 6.07) is 11.1. The summed E-state index contributed by atoms with van der Waals surface area (Å²) in [6.07, 6.45) is -4.36. The minimum atomic E-state index is -4.36. The maximum absolute atomic E-state index is 12.9. The van der Waals surface area contributed by atoms with Crippen LogP contribution in [0.5, 0.6) is 0 Å². The van der Waals surface area contributed by atoms with Gasteiger partial charge in [0.15, 0.2) is 0 Å². The highest BCUT2D eigenvalue weighted by Crippen LogP contribution is 2.33. The zero-order valence-electron chi connectivity index (χ0n) is 12.1. The van der Waals surface area contributed by atoms with Crippen LogP contribution in [0.1, 0.15) is 11.1 Å². The molecule has 1 heterocycles. The zero-order chi connectivity index (χ0) is 16.6. The molecular weight excluding hydrogens is 308 g/mol. The Morgan fingerprint density at radius 2 is 1.65 bits per heavy atom. The first-order chi connectivity index (χ1) is 10.8. The van der Waals surface area contributed by atoms with Crippen molar-refractivity contribution in [3.05, 3.63) is 65.5 Å². The summed E-state index contributed by atoms with van der Waals surface area (Å²) in [5, 5.41) is 6.94. The lowest BCUT2D eigenvalue weighted by molar-refractivity contribution is -0.137. The third kappa shape index (κ3) is 3.11. The molecule has 0 radical (unpaired) electrons. The van der Waals surface area contributed by atoms with Crippen molar-refractivity contribution in [3.8, 4) is 22.5 Å². The highest BCUT2D eigenvalue weighted by molar-refractivity contribution is 5.70. The molecule has 0 atom stereocenters. The maximum atomic E-state index is 12.9. The Kier molecular flexibility index (Phi) is 3.67. The Balaban J connectivity index is 1.96. The number of halogens is 4. The molecule has 0 saturated carbocycles. The summed E-state index contributed by atoms with van der Waals surface area (Å²) in [7, 11) is 0. The molecule has 0 saturated heterocycles. The van der Waals surface area contributed by atoms with Crippen molar-refractivity contribution in [1.29, 1.82) is 0 Å². The number of rotatable bonds is 2. The minimum Gasteiger partial charge on any atom is -0.277 e. The summed E-state index contributed by atoms with van der Waals surface area (Å²) in [5.41, 5.74) is 2.37. The number of nitrogens with zero attached hydrogens (tertiary/aromatic N) is 1. The lowest BCUT2D eigenvalue weighted by Crippen LogP contribution is -2.05. The molecule has 0 aliphatic carbocycles. The molecule has 23 heavy (non-hydrogen) atoms. The Morgan fingerprint density at radius 3 is 2.26 bits per heavy atom. The van der Waals surface area contributed by atoms with E-state index >= 15 is 0 Å². The molecule has 118 valence electrons. The van der Waals surface area contributed by atoms with E-state index in [9.17, 15) is 17.6 Å². The van der Waals surface area contributed by atoms with Crippen LogP contribution in [0.25, 0.3) is 22.5 Å². The highest BCUT2D eigenvalue weighted by Gasteiger charge is 2.30. The Bertz CT molecular complexity index is 833. The summed E-state index contributed by atoms with van der Waals surface area (Å²) >= 11 is 0. The molecule has 0 fully saturated rings. The zero-order valence-corrected chi connectivity index (χ0v) is 12.1. The van der Waals surface area contributed by atoms with Crippen molar-refractivity contribution >= 4 is 0 Å². The van der Waals surface area contributed by atoms with E-state index in [2.05, 4.69) is 10.2 Å². The predicted octanol–water partition coefficient (Wildman–Crippen LogP) is 5.21. The predicted molar refractivity (Wildman–Crippen MR) is 79.2 cm³/mol. The van der Waals surface area contributed by atoms with Crippen LogP contribution in [0.2, 0.25) is 0 Å². The number of hydrogen-bond acceptors (Lipinski definition) is 1. The van der Waals surface area contributed by atoms with Gasteiger partial charge in [0, 0.05) is 11.1 Å². The van der Waals surface area contributed by atoms with Gasteiger partial charge in [-0.05, 0) is 55.0 Å². The molecular formula is C17H12F4N2. The SMILES string of the molecule is Cc1cc(C(F)(F)F)ccc1-c1cc(-c2ccc(F)cc2)n[nH]1. The van der Waals surface area contributed by atoms with Gasteiger partial charge in [-0.3, -0.25) is 5.10 Å². The fourth-order valence-corrected chi connectivity index (χ4v) is 2.37. The van der Waals surface area contributed by atoms with Crippen molar-refractivity contribution in [3.63, 3.8) is 0 Å². The monoisotopic (exact) mass is 320 g/mol. The van der Waals surface area contributed by atoms with Gasteiger partial charge >= 0.3 is 6.18 Å². The molecule has 6 heteroatoms. The van der Waals surface area contributed by atoms with Crippen LogP contribution in [-0.4, -0.2) is 10.2 Å². The molecule has 0 aliphatic heterocycles. The molecule has 0 aliphatic rings. The van der Waals surface area contributed by atoms with Gasteiger partial charge in [-0.2, -0.15) is 18.3 Å². The van der Waals surface area contributed by atoms with E-state index < -0.39 is 11.7 Å². The fourth-order valence-electron chi connectivity index (χ4n) is 2.37. The fraction of sp³-hybridized carbons (Fsp3) is 0.118. The van der Waals surface area contributed by atoms with Gasteiger partial charge in [-0.25, -0.2) is 4.39 Å². The van der Waals surface area contributed by atoms with Crippen LogP contribution in [0.15, 0.2) is 48.5 Å². The Morgan fingerprint density at radius 1 is 0.957 bits per heavy atom. The van der Waals surface area contributed by atoms with Gasteiger partial charge in [0.1, 0.15) is 5.82 Å². The van der Waals surface area contributed by atoms with E-state index in [4.69, 9.17) is 0 Å². The van der Waals surface area contributed by atoms with E-state index in [1.165, 1.54) is 18.2 Å². The number of aromatic amines is 1. The van der Waals surface area contributed by atoms with Crippen LogP contribution >= 0.6 is 0 Å². The number of aryl methyl sites for hydroxylation is 1. The van der Waals surface area contributed by atoms with Crippen LogP contribution in [0, 0.1) is 12.7 Å². The van der Waals surface area contributed by atoms with E-state index in [0.29, 0.717) is 22.5 Å². The van der Waals surface area contributed by atoms with Gasteiger partial charge in [0.2, 0.25) is 0 Å². The van der Waals surface area contributed by atoms with Crippen LogP contribution in [-0.2, 0) is 6.18 Å². The van der Waals surface area contributed by atoms with Gasteiger partial charge in [-0.15, -0.1) is 0 Å². The number of nitrogens with one attached hydrogen (secondary N) is 1. The van der Waals surface area contributed by atoms with Crippen LogP contribution in [0.3, 0.4) is 0 Å². The molecule has 3 rings (SSSR count). The van der Waals surface area contributed by atoms with Crippen molar-refractivity contribution in [1.82, 2.24) is 10.2 Å². The number of hydrogen-bond donors (Lipinski definition) is 1. The third-order valence-corrected chi connectivity index (χ3v) is 3.56. The molecule has 0 amide bonds. The molecule has 3 aromatic rings. The first kappa shape index (κ1) is 15.3. The number of benzene rings is 2. The van der Waals surface area contributed by atoms with E-state index in [1.807, 2.05) is 0 Å². The summed E-state index contributed by atoms with van der Waals surface area (Å²) in [6.45, 7) is 1.61. The third-order valence-electron chi connectivity index (χ3n) is 3.56. The molecule has 1 N–H and O–H groups in total. The largest absolute Gasteiger partial charge is 0.416 e. The summed E-state index contributed by atoms with van der Waals surface area (Å²) in [4.78, 5) is 0. The van der Waals surface area contributed by atoms with E-state index in [0.717, 1.165) is 17.7 Å². The molecule has 0 bridgehead atoms. The van der Waals surface area contributed by atoms with Gasteiger partial charge < -0.3 is 0 Å². The number of H-pyrrole nitrogens is 1. The molecule has 2 aromatic carbocycles. The van der Waals surface area contributed by atoms with Gasteiger partial charge in [0.05, 0.1) is 17.0 Å². The minimum absolute atomic E-state index is 0.344. The Labute approximate surface area is 129 Å². The molecule has 0 unspecified atom stereocenters. The van der Waals surface area contributed by atoms with E-state index in [-0.39, 0.29) is 5.82 Å². The standard InChI is InChI=1S/C17H12F4N2/c1-10-8-12(17(19,20)21)4-7-14(10)16-9-15(22-23-16)11-2-5-13(18)6-3-11/h2-9H,1H3,(H,22,23). The first-order valence-corrected chi connectivity index (χ1v) is 6.84. The average molecular weight is 320 g/mol. The second-order valence-corrected chi connectivity index (χ2v) is 5.20. The summed E-state index contributed by atoms with van der Waals surface area (Å²) in [5.74, 6) is -0.344. The van der Waals surface area contributed by atoms with Crippen molar-refractivity contribution < 1.29 is 17.6 Å². The molecule has 0 spiro atoms. The summed E-state index contributed by atoms with van der Waals surface area (Å²) < 4.78 is 51.1. The molecule has 2 nitrogen and oxygen atoms in total. The first-order valence-electron chi connectivity index (χ1n) is 6.84. The smallest absolute Gasteiger partial charge is 0.277 e. The van der Waals surface area contributed by atoms with Gasteiger partial charge in [0.25, 0.3) is 0 Å². The van der Waals surface area contributed by atoms with Crippen molar-refractivity contribution in [2.45, 2.75) is 13.1 Å². The Hall–Kier alpha value is -2.63. The van der Waals surface area contributed by atoms with E-state index in [1.54, 1.807) is 25.1 Å². The number of alkyl halides is 3. The lowest BCUT2D eigenvalue weighted by atomic mass is 10.0. The topological polar surface area (TPSA) is 28.7 Å². The second-order valence-electron chi connectivity index (χ2n) is 5.20. The normalized spacial score (nSPS) is 11.7. The number of aromatic nitrogens is 2.